The van der Waals surface area contributed by atoms with Crippen LogP contribution in [0.2, 0.25) is 0 Å². The van der Waals surface area contributed by atoms with Crippen LogP contribution in [0.5, 0.6) is 0 Å². The second-order valence-corrected chi connectivity index (χ2v) is 8.49. The number of β-lactam (4-membered cyclic amide) rings is 1. The highest BCUT2D eigenvalue weighted by Crippen LogP contribution is 2.46. The second-order valence-electron chi connectivity index (χ2n) is 5.18. The van der Waals surface area contributed by atoms with Gasteiger partial charge in [0.15, 0.2) is 0 Å². The van der Waals surface area contributed by atoms with E-state index in [1.807, 2.05) is 0 Å². The lowest BCUT2D eigenvalue weighted by Gasteiger charge is -2.50. The van der Waals surface area contributed by atoms with E-state index in [1.165, 1.54) is 16.7 Å². The van der Waals surface area contributed by atoms with Gasteiger partial charge in [-0.3, -0.25) is 14.5 Å². The molecule has 0 spiro atoms. The first-order valence-corrected chi connectivity index (χ1v) is 9.94. The summed E-state index contributed by atoms with van der Waals surface area (Å²) < 4.78 is -0.242. The van der Waals surface area contributed by atoms with Gasteiger partial charge in [-0.05, 0) is 17.7 Å². The second kappa shape index (κ2) is 6.89. The van der Waals surface area contributed by atoms with Gasteiger partial charge in [-0.25, -0.2) is 4.79 Å². The maximum atomic E-state index is 12.4. The van der Waals surface area contributed by atoms with E-state index < -0.39 is 23.3 Å². The summed E-state index contributed by atoms with van der Waals surface area (Å²) in [5, 5.41) is 12.1. The van der Waals surface area contributed by atoms with E-state index in [1.54, 1.807) is 30.3 Å². The number of benzene rings is 1. The summed E-state index contributed by atoms with van der Waals surface area (Å²) in [5.74, 6) is -1.92. The molecule has 0 saturated carbocycles. The normalized spacial score (nSPS) is 25.8. The van der Waals surface area contributed by atoms with Crippen LogP contribution in [-0.4, -0.2) is 48.7 Å². The van der Waals surface area contributed by atoms with Crippen molar-refractivity contribution in [1.29, 1.82) is 0 Å². The fraction of sp³-hybridized carbons (Fsp3) is 0.267. The number of hydrogen-bond acceptors (Lipinski definition) is 4. The Bertz CT molecular complexity index is 740. The molecule has 1 fully saturated rings. The van der Waals surface area contributed by atoms with E-state index in [0.29, 0.717) is 16.5 Å². The predicted molar refractivity (Wildman–Crippen MR) is 97.1 cm³/mol. The number of nitrogens with one attached hydrogen (secondary N) is 1. The zero-order valence-corrected chi connectivity index (χ0v) is 16.1. The number of carbonyl (C=O) groups is 3. The summed E-state index contributed by atoms with van der Waals surface area (Å²) in [4.78, 5) is 37.5. The number of amides is 2. The number of thioether (sulfide) groups is 1. The van der Waals surface area contributed by atoms with Crippen LogP contribution in [-0.2, 0) is 9.59 Å². The van der Waals surface area contributed by atoms with Gasteiger partial charge in [0, 0.05) is 10.9 Å². The van der Waals surface area contributed by atoms with Crippen LogP contribution in [0.1, 0.15) is 10.4 Å². The van der Waals surface area contributed by atoms with Gasteiger partial charge in [-0.2, -0.15) is 0 Å². The first-order chi connectivity index (χ1) is 11.5. The van der Waals surface area contributed by atoms with Crippen molar-refractivity contribution >= 4 is 61.4 Å². The summed E-state index contributed by atoms with van der Waals surface area (Å²) in [7, 11) is 0. The van der Waals surface area contributed by atoms with Gasteiger partial charge in [0.2, 0.25) is 0 Å². The van der Waals surface area contributed by atoms with Crippen LogP contribution < -0.4 is 5.32 Å². The van der Waals surface area contributed by atoms with E-state index in [2.05, 4.69) is 37.2 Å². The number of rotatable bonds is 4. The fourth-order valence-corrected chi connectivity index (χ4v) is 6.18. The summed E-state index contributed by atoms with van der Waals surface area (Å²) in [6.07, 6.45) is 0. The van der Waals surface area contributed by atoms with Crippen LogP contribution in [0, 0.1) is 0 Å². The number of fused-ring (bicyclic) bond motifs is 1. The highest BCUT2D eigenvalue weighted by molar-refractivity contribution is 9.11. The maximum Gasteiger partial charge on any atom is 0.352 e. The van der Waals surface area contributed by atoms with Crippen molar-refractivity contribution in [2.45, 2.75) is 15.6 Å². The molecule has 0 radical (unpaired) electrons. The van der Waals surface area contributed by atoms with E-state index in [4.69, 9.17) is 0 Å². The van der Waals surface area contributed by atoms with Crippen molar-refractivity contribution in [3.8, 4) is 0 Å². The third-order valence-electron chi connectivity index (χ3n) is 3.79. The Morgan fingerprint density at radius 3 is 2.54 bits per heavy atom. The van der Waals surface area contributed by atoms with Gasteiger partial charge in [-0.15, -0.1) is 11.8 Å². The van der Waals surface area contributed by atoms with Crippen molar-refractivity contribution in [3.05, 3.63) is 47.2 Å². The van der Waals surface area contributed by atoms with Crippen LogP contribution >= 0.6 is 43.6 Å². The van der Waals surface area contributed by atoms with E-state index >= 15 is 0 Å². The number of carboxylic acid groups (broad SMARTS) is 1. The molecule has 1 aromatic rings. The minimum absolute atomic E-state index is 0.0206. The Morgan fingerprint density at radius 2 is 1.96 bits per heavy atom. The lowest BCUT2D eigenvalue weighted by atomic mass is 10.0. The third-order valence-corrected chi connectivity index (χ3v) is 6.88. The Kier molecular flexibility index (Phi) is 5.03. The van der Waals surface area contributed by atoms with Gasteiger partial charge < -0.3 is 10.4 Å². The van der Waals surface area contributed by atoms with E-state index in [-0.39, 0.29) is 15.8 Å². The van der Waals surface area contributed by atoms with Crippen molar-refractivity contribution in [1.82, 2.24) is 10.2 Å². The van der Waals surface area contributed by atoms with Gasteiger partial charge in [0.05, 0.1) is 4.16 Å². The Morgan fingerprint density at radius 1 is 1.29 bits per heavy atom. The molecule has 3 atom stereocenters. The zero-order chi connectivity index (χ0) is 17.4. The quantitative estimate of drug-likeness (QED) is 0.514. The Labute approximate surface area is 158 Å². The fourth-order valence-electron chi connectivity index (χ4n) is 2.62. The monoisotopic (exact) mass is 474 g/mol. The minimum Gasteiger partial charge on any atom is -0.477 e. The molecular formula is C15H12Br2N2O4S. The molecule has 0 aromatic heterocycles. The van der Waals surface area contributed by atoms with Crippen LogP contribution in [0.15, 0.2) is 41.6 Å². The highest BCUT2D eigenvalue weighted by Gasteiger charge is 2.55. The molecule has 2 aliphatic heterocycles. The molecule has 9 heteroatoms. The molecule has 6 nitrogen and oxygen atoms in total. The zero-order valence-electron chi connectivity index (χ0n) is 12.1. The molecule has 2 amide bonds. The average Bonchev–Trinajstić information content (AvgIpc) is 2.59. The number of hydrogen-bond donors (Lipinski definition) is 2. The number of nitrogens with zero attached hydrogens (tertiary/aromatic N) is 1. The number of aliphatic carboxylic acids is 1. The van der Waals surface area contributed by atoms with E-state index in [0.717, 1.165) is 0 Å². The summed E-state index contributed by atoms with van der Waals surface area (Å²) in [5.41, 5.74) is 1.02. The number of halogens is 2. The highest BCUT2D eigenvalue weighted by atomic mass is 79.9. The molecule has 126 valence electrons. The van der Waals surface area contributed by atoms with Crippen molar-refractivity contribution < 1.29 is 19.5 Å². The molecule has 2 heterocycles. The van der Waals surface area contributed by atoms with Gasteiger partial charge in [0.1, 0.15) is 17.1 Å². The van der Waals surface area contributed by atoms with Crippen molar-refractivity contribution in [2.75, 3.05) is 5.33 Å². The summed E-state index contributed by atoms with van der Waals surface area (Å²) in [6, 6.07) is 7.84. The van der Waals surface area contributed by atoms with Crippen molar-refractivity contribution in [3.63, 3.8) is 0 Å². The molecule has 2 N–H and O–H groups in total. The summed E-state index contributed by atoms with van der Waals surface area (Å²) in [6.45, 7) is 0. The molecule has 2 aliphatic rings. The number of carboxylic acids is 1. The molecule has 2 unspecified atom stereocenters. The standard InChI is InChI=1S/C15H12Br2N2O4S/c16-6-8-10(15(22)23)19-13(21)9(14(19)24-11(8)17)18-12(20)7-4-2-1-3-5-7/h1-5,9,11,14H,6H2,(H,18,20)(H,22,23)/t9?,11?,14-/m1/s1. The largest absolute Gasteiger partial charge is 0.477 e. The van der Waals surface area contributed by atoms with Crippen LogP contribution in [0.3, 0.4) is 0 Å². The first-order valence-electron chi connectivity index (χ1n) is 6.96. The van der Waals surface area contributed by atoms with Gasteiger partial charge in [-0.1, -0.05) is 50.1 Å². The van der Waals surface area contributed by atoms with Crippen LogP contribution in [0.4, 0.5) is 0 Å². The molecular weight excluding hydrogens is 464 g/mol. The first kappa shape index (κ1) is 17.5. The smallest absolute Gasteiger partial charge is 0.352 e. The molecule has 0 aliphatic carbocycles. The SMILES string of the molecule is O=C(O)C1=C(CBr)C(Br)S[C@@H]2C(NC(=O)c3ccccc3)C(=O)N12. The Hall–Kier alpha value is -1.32. The Balaban J connectivity index is 1.82. The number of alkyl halides is 2. The minimum atomic E-state index is -1.15. The van der Waals surface area contributed by atoms with E-state index in [9.17, 15) is 19.5 Å². The molecule has 24 heavy (non-hydrogen) atoms. The predicted octanol–water partition coefficient (Wildman–Crippen LogP) is 2.15. The lowest BCUT2D eigenvalue weighted by Crippen LogP contribution is -2.71. The maximum absolute atomic E-state index is 12.4. The topological polar surface area (TPSA) is 86.7 Å². The number of carbonyl (C=O) groups excluding carboxylic acids is 2. The molecule has 1 aromatic carbocycles. The third kappa shape index (κ3) is 2.89. The summed E-state index contributed by atoms with van der Waals surface area (Å²) >= 11 is 8.11. The van der Waals surface area contributed by atoms with Crippen molar-refractivity contribution in [2.24, 2.45) is 0 Å². The van der Waals surface area contributed by atoms with Gasteiger partial charge in [0.25, 0.3) is 11.8 Å². The average molecular weight is 476 g/mol. The lowest BCUT2D eigenvalue weighted by molar-refractivity contribution is -0.148. The molecule has 0 bridgehead atoms. The molecule has 1 saturated heterocycles. The van der Waals surface area contributed by atoms with Crippen LogP contribution in [0.25, 0.3) is 0 Å². The molecule has 3 rings (SSSR count). The van der Waals surface area contributed by atoms with Gasteiger partial charge >= 0.3 is 5.97 Å².